The highest BCUT2D eigenvalue weighted by Gasteiger charge is 2.55. The fraction of sp³-hybridized carbons (Fsp3) is 0.562. The average Bonchev–Trinajstić information content (AvgIpc) is 2.96. The summed E-state index contributed by atoms with van der Waals surface area (Å²) >= 11 is 0. The summed E-state index contributed by atoms with van der Waals surface area (Å²) in [5, 5.41) is 0. The molecule has 2 unspecified atom stereocenters. The van der Waals surface area contributed by atoms with E-state index in [-0.39, 0.29) is 12.6 Å². The number of likely N-dealkylation sites (tertiary alicyclic amines) is 2. The van der Waals surface area contributed by atoms with E-state index < -0.39 is 11.8 Å². The fourth-order valence-corrected chi connectivity index (χ4v) is 3.39. The van der Waals surface area contributed by atoms with Gasteiger partial charge in [0.1, 0.15) is 5.67 Å². The van der Waals surface area contributed by atoms with Gasteiger partial charge in [-0.05, 0) is 18.9 Å². The molecule has 2 heterocycles. The standard InChI is InChI=1S/C16H21FN2O2/c1-2-21-15(20)19-11-14-16(17,12-19)8-9-18(14)10-13-6-4-3-5-7-13/h3-7,14H,2,8-12H2,1H3. The first-order valence-corrected chi connectivity index (χ1v) is 7.51. The van der Waals surface area contributed by atoms with E-state index in [1.807, 2.05) is 18.2 Å². The van der Waals surface area contributed by atoms with Gasteiger partial charge in [-0.25, -0.2) is 9.18 Å². The van der Waals surface area contributed by atoms with Crippen LogP contribution in [0.3, 0.4) is 0 Å². The maximum atomic E-state index is 15.0. The second kappa shape index (κ2) is 5.64. The fourth-order valence-electron chi connectivity index (χ4n) is 3.39. The zero-order chi connectivity index (χ0) is 14.9. The minimum atomic E-state index is -1.29. The molecule has 21 heavy (non-hydrogen) atoms. The minimum absolute atomic E-state index is 0.155. The summed E-state index contributed by atoms with van der Waals surface area (Å²) in [5.74, 6) is 0. The predicted molar refractivity (Wildman–Crippen MR) is 77.7 cm³/mol. The van der Waals surface area contributed by atoms with Gasteiger partial charge in [0, 0.05) is 19.6 Å². The van der Waals surface area contributed by atoms with Crippen LogP contribution in [-0.4, -0.2) is 53.8 Å². The second-order valence-electron chi connectivity index (χ2n) is 5.84. The molecule has 1 aromatic carbocycles. The SMILES string of the molecule is CCOC(=O)N1CC2N(Cc3ccccc3)CCC2(F)C1. The molecule has 0 saturated carbocycles. The summed E-state index contributed by atoms with van der Waals surface area (Å²) in [6.45, 7) is 4.14. The van der Waals surface area contributed by atoms with Crippen LogP contribution in [0.5, 0.6) is 0 Å². The van der Waals surface area contributed by atoms with Crippen molar-refractivity contribution in [2.24, 2.45) is 0 Å². The number of benzene rings is 1. The molecule has 2 aliphatic heterocycles. The van der Waals surface area contributed by atoms with Crippen LogP contribution < -0.4 is 0 Å². The highest BCUT2D eigenvalue weighted by atomic mass is 19.1. The molecule has 1 aromatic rings. The number of alkyl halides is 1. The quantitative estimate of drug-likeness (QED) is 0.858. The van der Waals surface area contributed by atoms with Crippen LogP contribution in [0, 0.1) is 0 Å². The van der Waals surface area contributed by atoms with Crippen LogP contribution in [0.25, 0.3) is 0 Å². The molecule has 5 heteroatoms. The number of halogens is 1. The van der Waals surface area contributed by atoms with Crippen LogP contribution in [0.2, 0.25) is 0 Å². The Balaban J connectivity index is 1.69. The third-order valence-corrected chi connectivity index (χ3v) is 4.45. The number of amides is 1. The summed E-state index contributed by atoms with van der Waals surface area (Å²) < 4.78 is 20.0. The Morgan fingerprint density at radius 3 is 2.90 bits per heavy atom. The van der Waals surface area contributed by atoms with Gasteiger partial charge in [-0.3, -0.25) is 4.90 Å². The molecule has 2 aliphatic rings. The van der Waals surface area contributed by atoms with Crippen LogP contribution in [0.15, 0.2) is 30.3 Å². The third kappa shape index (κ3) is 2.75. The van der Waals surface area contributed by atoms with Crippen molar-refractivity contribution in [1.82, 2.24) is 9.80 Å². The smallest absolute Gasteiger partial charge is 0.409 e. The topological polar surface area (TPSA) is 32.8 Å². The van der Waals surface area contributed by atoms with Crippen molar-refractivity contribution in [3.05, 3.63) is 35.9 Å². The van der Waals surface area contributed by atoms with E-state index in [1.165, 1.54) is 10.5 Å². The number of carbonyl (C=O) groups excluding carboxylic acids is 1. The van der Waals surface area contributed by atoms with Gasteiger partial charge in [0.2, 0.25) is 0 Å². The van der Waals surface area contributed by atoms with Gasteiger partial charge in [-0.15, -0.1) is 0 Å². The van der Waals surface area contributed by atoms with Gasteiger partial charge in [-0.2, -0.15) is 0 Å². The molecule has 0 aliphatic carbocycles. The predicted octanol–water partition coefficient (Wildman–Crippen LogP) is 2.44. The maximum absolute atomic E-state index is 15.0. The van der Waals surface area contributed by atoms with E-state index in [4.69, 9.17) is 4.74 Å². The lowest BCUT2D eigenvalue weighted by atomic mass is 10.0. The first-order valence-electron chi connectivity index (χ1n) is 7.51. The molecule has 1 amide bonds. The maximum Gasteiger partial charge on any atom is 0.409 e. The minimum Gasteiger partial charge on any atom is -0.450 e. The van der Waals surface area contributed by atoms with Gasteiger partial charge in [0.05, 0.1) is 19.2 Å². The molecule has 4 nitrogen and oxygen atoms in total. The summed E-state index contributed by atoms with van der Waals surface area (Å²) in [7, 11) is 0. The van der Waals surface area contributed by atoms with Crippen molar-refractivity contribution in [2.45, 2.75) is 31.6 Å². The normalized spacial score (nSPS) is 28.7. The molecule has 0 N–H and O–H groups in total. The van der Waals surface area contributed by atoms with E-state index in [2.05, 4.69) is 17.0 Å². The largest absolute Gasteiger partial charge is 0.450 e. The van der Waals surface area contributed by atoms with Crippen molar-refractivity contribution in [2.75, 3.05) is 26.2 Å². The molecule has 3 rings (SSSR count). The molecule has 0 bridgehead atoms. The highest BCUT2D eigenvalue weighted by molar-refractivity contribution is 5.68. The van der Waals surface area contributed by atoms with Gasteiger partial charge in [-0.1, -0.05) is 30.3 Å². The zero-order valence-electron chi connectivity index (χ0n) is 12.3. The van der Waals surface area contributed by atoms with Gasteiger partial charge >= 0.3 is 6.09 Å². The van der Waals surface area contributed by atoms with Crippen molar-refractivity contribution < 1.29 is 13.9 Å². The van der Waals surface area contributed by atoms with E-state index in [1.54, 1.807) is 6.92 Å². The number of hydrogen-bond acceptors (Lipinski definition) is 3. The summed E-state index contributed by atoms with van der Waals surface area (Å²) in [5.41, 5.74) is -0.113. The first-order chi connectivity index (χ1) is 10.1. The van der Waals surface area contributed by atoms with Crippen LogP contribution in [0.4, 0.5) is 9.18 Å². The Bertz CT molecular complexity index is 510. The highest BCUT2D eigenvalue weighted by Crippen LogP contribution is 2.39. The lowest BCUT2D eigenvalue weighted by molar-refractivity contribution is 0.104. The summed E-state index contributed by atoms with van der Waals surface area (Å²) in [6.07, 6.45) is 0.0871. The number of ether oxygens (including phenoxy) is 1. The second-order valence-corrected chi connectivity index (χ2v) is 5.84. The van der Waals surface area contributed by atoms with Gasteiger partial charge in [0.15, 0.2) is 0 Å². The van der Waals surface area contributed by atoms with Crippen LogP contribution in [-0.2, 0) is 11.3 Å². The van der Waals surface area contributed by atoms with Crippen LogP contribution >= 0.6 is 0 Å². The molecule has 0 aromatic heterocycles. The number of rotatable bonds is 3. The number of hydrogen-bond donors (Lipinski definition) is 0. The molecule has 0 spiro atoms. The monoisotopic (exact) mass is 292 g/mol. The Kier molecular flexibility index (Phi) is 3.85. The molecular formula is C16H21FN2O2. The number of fused-ring (bicyclic) bond motifs is 1. The lowest BCUT2D eigenvalue weighted by Crippen LogP contribution is -2.40. The molecule has 0 radical (unpaired) electrons. The van der Waals surface area contributed by atoms with Gasteiger partial charge < -0.3 is 9.64 Å². The summed E-state index contributed by atoms with van der Waals surface area (Å²) in [4.78, 5) is 15.5. The lowest BCUT2D eigenvalue weighted by Gasteiger charge is -2.25. The third-order valence-electron chi connectivity index (χ3n) is 4.45. The van der Waals surface area contributed by atoms with Crippen molar-refractivity contribution in [3.8, 4) is 0 Å². The Labute approximate surface area is 124 Å². The van der Waals surface area contributed by atoms with E-state index in [0.29, 0.717) is 19.6 Å². The number of carbonyl (C=O) groups is 1. The number of nitrogens with zero attached hydrogens (tertiary/aromatic N) is 2. The average molecular weight is 292 g/mol. The summed E-state index contributed by atoms with van der Waals surface area (Å²) in [6, 6.07) is 9.85. The Hall–Kier alpha value is -1.62. The molecule has 2 atom stereocenters. The van der Waals surface area contributed by atoms with Crippen molar-refractivity contribution in [3.63, 3.8) is 0 Å². The molecular weight excluding hydrogens is 271 g/mol. The van der Waals surface area contributed by atoms with Crippen LogP contribution in [0.1, 0.15) is 18.9 Å². The zero-order valence-corrected chi connectivity index (χ0v) is 12.3. The van der Waals surface area contributed by atoms with E-state index in [9.17, 15) is 4.79 Å². The molecule has 114 valence electrons. The first kappa shape index (κ1) is 14.3. The van der Waals surface area contributed by atoms with E-state index >= 15 is 4.39 Å². The Morgan fingerprint density at radius 1 is 1.43 bits per heavy atom. The molecule has 2 fully saturated rings. The van der Waals surface area contributed by atoms with Crippen molar-refractivity contribution >= 4 is 6.09 Å². The Morgan fingerprint density at radius 2 is 2.19 bits per heavy atom. The van der Waals surface area contributed by atoms with Gasteiger partial charge in [0.25, 0.3) is 0 Å². The van der Waals surface area contributed by atoms with E-state index in [0.717, 1.165) is 13.1 Å². The molecule has 2 saturated heterocycles. The van der Waals surface area contributed by atoms with Crippen molar-refractivity contribution in [1.29, 1.82) is 0 Å².